The van der Waals surface area contributed by atoms with Crippen LogP contribution in [-0.2, 0) is 23.9 Å². The van der Waals surface area contributed by atoms with Crippen LogP contribution in [0.4, 0.5) is 0 Å². The number of aryl methyl sites for hydroxylation is 1. The van der Waals surface area contributed by atoms with Crippen LogP contribution in [-0.4, -0.2) is 67.7 Å². The van der Waals surface area contributed by atoms with Crippen LogP contribution in [0.25, 0.3) is 0 Å². The third kappa shape index (κ3) is 7.54. The molecular weight excluding hydrogens is 422 g/mol. The number of ether oxygens (including phenoxy) is 2. The van der Waals surface area contributed by atoms with E-state index in [-0.39, 0.29) is 30.4 Å². The van der Waals surface area contributed by atoms with Crippen molar-refractivity contribution in [2.45, 2.75) is 64.0 Å². The van der Waals surface area contributed by atoms with E-state index in [0.717, 1.165) is 63.1 Å². The molecule has 3 rings (SSSR count). The van der Waals surface area contributed by atoms with Crippen molar-refractivity contribution >= 4 is 17.8 Å². The van der Waals surface area contributed by atoms with Crippen LogP contribution in [0.5, 0.6) is 0 Å². The van der Waals surface area contributed by atoms with Gasteiger partial charge in [0.15, 0.2) is 6.61 Å². The van der Waals surface area contributed by atoms with Crippen LogP contribution < -0.4 is 10.6 Å². The van der Waals surface area contributed by atoms with Crippen molar-refractivity contribution < 1.29 is 23.9 Å². The highest BCUT2D eigenvalue weighted by Crippen LogP contribution is 2.33. The van der Waals surface area contributed by atoms with Gasteiger partial charge in [-0.15, -0.1) is 0 Å². The fourth-order valence-corrected chi connectivity index (χ4v) is 4.83. The highest BCUT2D eigenvalue weighted by Gasteiger charge is 2.38. The van der Waals surface area contributed by atoms with E-state index in [1.165, 1.54) is 13.3 Å². The van der Waals surface area contributed by atoms with Crippen molar-refractivity contribution in [2.75, 3.05) is 39.5 Å². The van der Waals surface area contributed by atoms with Gasteiger partial charge in [-0.2, -0.15) is 0 Å². The third-order valence-corrected chi connectivity index (χ3v) is 6.67. The molecule has 1 aromatic rings. The van der Waals surface area contributed by atoms with Gasteiger partial charge in [-0.3, -0.25) is 19.3 Å². The van der Waals surface area contributed by atoms with Gasteiger partial charge in [-0.1, -0.05) is 49.1 Å². The SMILES string of the molecule is CC(=O)NC(CC(=O)OCC(=O)NCC1(N2CCOCC2)CCCCC1)c1ccc(C)cc1. The van der Waals surface area contributed by atoms with Gasteiger partial charge in [0.25, 0.3) is 5.91 Å². The fraction of sp³-hybridized carbons (Fsp3) is 0.640. The third-order valence-electron chi connectivity index (χ3n) is 6.67. The van der Waals surface area contributed by atoms with E-state index >= 15 is 0 Å². The van der Waals surface area contributed by atoms with E-state index in [1.54, 1.807) is 0 Å². The van der Waals surface area contributed by atoms with Crippen molar-refractivity contribution in [1.29, 1.82) is 0 Å². The highest BCUT2D eigenvalue weighted by molar-refractivity contribution is 5.81. The maximum absolute atomic E-state index is 12.5. The van der Waals surface area contributed by atoms with Crippen molar-refractivity contribution in [3.63, 3.8) is 0 Å². The Morgan fingerprint density at radius 1 is 1.09 bits per heavy atom. The van der Waals surface area contributed by atoms with Crippen molar-refractivity contribution in [2.24, 2.45) is 0 Å². The number of rotatable bonds is 9. The molecule has 8 nitrogen and oxygen atoms in total. The molecule has 1 atom stereocenters. The molecule has 0 spiro atoms. The molecule has 2 aliphatic rings. The van der Waals surface area contributed by atoms with Gasteiger partial charge in [0.05, 0.1) is 25.7 Å². The first-order valence-corrected chi connectivity index (χ1v) is 12.0. The lowest BCUT2D eigenvalue weighted by atomic mass is 9.79. The van der Waals surface area contributed by atoms with Crippen molar-refractivity contribution in [3.05, 3.63) is 35.4 Å². The molecule has 0 aromatic heterocycles. The first-order chi connectivity index (χ1) is 15.9. The predicted octanol–water partition coefficient (Wildman–Crippen LogP) is 2.26. The van der Waals surface area contributed by atoms with Crippen molar-refractivity contribution in [1.82, 2.24) is 15.5 Å². The van der Waals surface area contributed by atoms with Crippen LogP contribution >= 0.6 is 0 Å². The zero-order valence-corrected chi connectivity index (χ0v) is 19.9. The van der Waals surface area contributed by atoms with E-state index in [1.807, 2.05) is 31.2 Å². The first-order valence-electron chi connectivity index (χ1n) is 12.0. The van der Waals surface area contributed by atoms with E-state index in [9.17, 15) is 14.4 Å². The quantitative estimate of drug-likeness (QED) is 0.550. The largest absolute Gasteiger partial charge is 0.456 e. The Balaban J connectivity index is 1.49. The molecular formula is C25H37N3O5. The molecule has 2 fully saturated rings. The number of hydrogen-bond acceptors (Lipinski definition) is 6. The average Bonchev–Trinajstić information content (AvgIpc) is 2.82. The summed E-state index contributed by atoms with van der Waals surface area (Å²) in [4.78, 5) is 39.0. The van der Waals surface area contributed by atoms with Gasteiger partial charge in [0.1, 0.15) is 0 Å². The van der Waals surface area contributed by atoms with Crippen LogP contribution in [0.3, 0.4) is 0 Å². The Morgan fingerprint density at radius 3 is 2.39 bits per heavy atom. The van der Waals surface area contributed by atoms with E-state index in [0.29, 0.717) is 6.54 Å². The Kier molecular flexibility index (Phi) is 9.26. The second-order valence-corrected chi connectivity index (χ2v) is 9.19. The second-order valence-electron chi connectivity index (χ2n) is 9.19. The molecule has 1 aliphatic heterocycles. The topological polar surface area (TPSA) is 97.0 Å². The Bertz CT molecular complexity index is 799. The number of esters is 1. The van der Waals surface area contributed by atoms with Gasteiger partial charge >= 0.3 is 5.97 Å². The first kappa shape index (κ1) is 25.2. The van der Waals surface area contributed by atoms with Gasteiger partial charge in [0, 0.05) is 32.1 Å². The van der Waals surface area contributed by atoms with Gasteiger partial charge in [-0.05, 0) is 25.3 Å². The number of amides is 2. The summed E-state index contributed by atoms with van der Waals surface area (Å²) in [5.74, 6) is -1.05. The van der Waals surface area contributed by atoms with Crippen molar-refractivity contribution in [3.8, 4) is 0 Å². The molecule has 2 amide bonds. The maximum Gasteiger partial charge on any atom is 0.308 e. The number of nitrogens with zero attached hydrogens (tertiary/aromatic N) is 1. The summed E-state index contributed by atoms with van der Waals surface area (Å²) in [6.45, 7) is 6.84. The lowest BCUT2D eigenvalue weighted by molar-refractivity contribution is -0.149. The summed E-state index contributed by atoms with van der Waals surface area (Å²) >= 11 is 0. The summed E-state index contributed by atoms with van der Waals surface area (Å²) in [6, 6.07) is 7.12. The van der Waals surface area contributed by atoms with E-state index < -0.39 is 12.0 Å². The average molecular weight is 460 g/mol. The lowest BCUT2D eigenvalue weighted by Gasteiger charge is -2.48. The predicted molar refractivity (Wildman–Crippen MR) is 125 cm³/mol. The van der Waals surface area contributed by atoms with Crippen LogP contribution in [0.1, 0.15) is 62.6 Å². The van der Waals surface area contributed by atoms with E-state index in [4.69, 9.17) is 9.47 Å². The second kappa shape index (κ2) is 12.1. The Hall–Kier alpha value is -2.45. The smallest absolute Gasteiger partial charge is 0.308 e. The molecule has 1 unspecified atom stereocenters. The molecule has 1 saturated carbocycles. The Morgan fingerprint density at radius 2 is 1.76 bits per heavy atom. The molecule has 2 N–H and O–H groups in total. The number of morpholine rings is 1. The summed E-state index contributed by atoms with van der Waals surface area (Å²) in [7, 11) is 0. The van der Waals surface area contributed by atoms with E-state index in [2.05, 4.69) is 15.5 Å². The Labute approximate surface area is 196 Å². The monoisotopic (exact) mass is 459 g/mol. The van der Waals surface area contributed by atoms with Crippen LogP contribution in [0, 0.1) is 6.92 Å². The molecule has 0 radical (unpaired) electrons. The summed E-state index contributed by atoms with van der Waals surface area (Å²) < 4.78 is 10.8. The number of carbonyl (C=O) groups excluding carboxylic acids is 3. The normalized spacial score (nSPS) is 19.3. The summed E-state index contributed by atoms with van der Waals surface area (Å²) in [5, 5.41) is 5.79. The molecule has 1 aromatic carbocycles. The molecule has 0 bridgehead atoms. The minimum Gasteiger partial charge on any atom is -0.456 e. The van der Waals surface area contributed by atoms with Gasteiger partial charge < -0.3 is 20.1 Å². The molecule has 33 heavy (non-hydrogen) atoms. The van der Waals surface area contributed by atoms with Crippen LogP contribution in [0.15, 0.2) is 24.3 Å². The molecule has 1 heterocycles. The lowest BCUT2D eigenvalue weighted by Crippen LogP contribution is -2.59. The standard InChI is InChI=1S/C25H37N3O5/c1-19-6-8-21(9-7-19)22(27-20(2)29)16-24(31)33-17-23(30)26-18-25(10-4-3-5-11-25)28-12-14-32-15-13-28/h6-9,22H,3-5,10-18H2,1-2H3,(H,26,30)(H,27,29). The van der Waals surface area contributed by atoms with Gasteiger partial charge in [0.2, 0.25) is 5.91 Å². The zero-order valence-electron chi connectivity index (χ0n) is 19.9. The summed E-state index contributed by atoms with van der Waals surface area (Å²) in [6.07, 6.45) is 5.63. The van der Waals surface area contributed by atoms with Gasteiger partial charge in [-0.25, -0.2) is 0 Å². The van der Waals surface area contributed by atoms with Crippen LogP contribution in [0.2, 0.25) is 0 Å². The maximum atomic E-state index is 12.5. The molecule has 1 saturated heterocycles. The molecule has 1 aliphatic carbocycles. The number of benzene rings is 1. The molecule has 182 valence electrons. The number of carbonyl (C=O) groups is 3. The highest BCUT2D eigenvalue weighted by atomic mass is 16.5. The summed E-state index contributed by atoms with van der Waals surface area (Å²) in [5.41, 5.74) is 1.87. The molecule has 8 heteroatoms. The minimum atomic E-state index is -0.523. The minimum absolute atomic E-state index is 0.0341. The number of nitrogens with one attached hydrogen (secondary N) is 2. The number of hydrogen-bond donors (Lipinski definition) is 2. The zero-order chi connectivity index (χ0) is 23.7. The fourth-order valence-electron chi connectivity index (χ4n) is 4.83.